The minimum absolute atomic E-state index is 0.0467. The van der Waals surface area contributed by atoms with E-state index in [0.29, 0.717) is 29.2 Å². The van der Waals surface area contributed by atoms with E-state index in [1.807, 2.05) is 6.92 Å². The first-order chi connectivity index (χ1) is 13.7. The molecule has 2 N–H and O–H groups in total. The molecule has 0 aliphatic heterocycles. The molecule has 1 amide bonds. The molecule has 0 spiro atoms. The minimum Gasteiger partial charge on any atom is -0.349 e. The Labute approximate surface area is 171 Å². The standard InChI is InChI=1S/C23H31F3N2O/c1-5-18(11-19-12-21(24)15(3)10-14(19)2)23(29)28-20-8-6-17(7-9-20)13-27-16(4)22(25)26/h5,10-12,16-17,20,22,27H,1,6-9,13H2,2-4H3,(H,28,29)/b18-11+. The van der Waals surface area contributed by atoms with Crippen LogP contribution in [0.15, 0.2) is 30.4 Å². The highest BCUT2D eigenvalue weighted by Crippen LogP contribution is 2.25. The number of carbonyl (C=O) groups is 1. The summed E-state index contributed by atoms with van der Waals surface area (Å²) in [4.78, 5) is 12.6. The Kier molecular flexibility index (Phi) is 8.50. The molecule has 0 radical (unpaired) electrons. The summed E-state index contributed by atoms with van der Waals surface area (Å²) in [7, 11) is 0. The first kappa shape index (κ1) is 23.2. The van der Waals surface area contributed by atoms with Gasteiger partial charge in [-0.2, -0.15) is 0 Å². The topological polar surface area (TPSA) is 41.1 Å². The van der Waals surface area contributed by atoms with Crippen molar-refractivity contribution in [3.63, 3.8) is 0 Å². The van der Waals surface area contributed by atoms with Gasteiger partial charge in [-0.1, -0.05) is 18.7 Å². The molecule has 1 saturated carbocycles. The summed E-state index contributed by atoms with van der Waals surface area (Å²) in [5, 5.41) is 5.91. The number of aryl methyl sites for hydroxylation is 2. The van der Waals surface area contributed by atoms with E-state index in [9.17, 15) is 18.0 Å². The maximum absolute atomic E-state index is 13.9. The van der Waals surface area contributed by atoms with Crippen molar-refractivity contribution >= 4 is 12.0 Å². The summed E-state index contributed by atoms with van der Waals surface area (Å²) < 4.78 is 39.0. The van der Waals surface area contributed by atoms with E-state index < -0.39 is 12.5 Å². The molecule has 0 bridgehead atoms. The molecule has 1 aliphatic rings. The van der Waals surface area contributed by atoms with Gasteiger partial charge >= 0.3 is 0 Å². The van der Waals surface area contributed by atoms with Gasteiger partial charge in [0.1, 0.15) is 5.82 Å². The van der Waals surface area contributed by atoms with Gasteiger partial charge in [-0.05, 0) is 87.7 Å². The normalized spacial score (nSPS) is 21.1. The number of hydrogen-bond donors (Lipinski definition) is 2. The summed E-state index contributed by atoms with van der Waals surface area (Å²) in [6.07, 6.45) is 4.15. The molecule has 1 aliphatic carbocycles. The fourth-order valence-electron chi connectivity index (χ4n) is 3.60. The van der Waals surface area contributed by atoms with E-state index >= 15 is 0 Å². The molecule has 0 saturated heterocycles. The number of alkyl halides is 2. The van der Waals surface area contributed by atoms with Crippen LogP contribution in [0.3, 0.4) is 0 Å². The fourth-order valence-corrected chi connectivity index (χ4v) is 3.60. The number of rotatable bonds is 8. The fraction of sp³-hybridized carbons (Fsp3) is 0.522. The third-order valence-electron chi connectivity index (χ3n) is 5.63. The van der Waals surface area contributed by atoms with Crippen LogP contribution in [0.5, 0.6) is 0 Å². The molecule has 29 heavy (non-hydrogen) atoms. The highest BCUT2D eigenvalue weighted by atomic mass is 19.3. The van der Waals surface area contributed by atoms with E-state index in [2.05, 4.69) is 17.2 Å². The lowest BCUT2D eigenvalue weighted by Crippen LogP contribution is -2.41. The Morgan fingerprint density at radius 3 is 2.45 bits per heavy atom. The third kappa shape index (κ3) is 6.74. The first-order valence-corrected chi connectivity index (χ1v) is 10.1. The Balaban J connectivity index is 1.91. The SMILES string of the molecule is C=C/C(=C\c1cc(F)c(C)cc1C)C(=O)NC1CCC(CNC(C)C(F)F)CC1. The molecule has 2 rings (SSSR count). The predicted molar refractivity (Wildman–Crippen MR) is 111 cm³/mol. The van der Waals surface area contributed by atoms with Crippen LogP contribution in [-0.2, 0) is 4.79 Å². The lowest BCUT2D eigenvalue weighted by atomic mass is 9.85. The zero-order valence-electron chi connectivity index (χ0n) is 17.4. The number of halogens is 3. The van der Waals surface area contributed by atoms with Gasteiger partial charge in [0.2, 0.25) is 0 Å². The monoisotopic (exact) mass is 408 g/mol. The number of amides is 1. The van der Waals surface area contributed by atoms with E-state index in [4.69, 9.17) is 0 Å². The van der Waals surface area contributed by atoms with Crippen LogP contribution in [0.2, 0.25) is 0 Å². The number of hydrogen-bond acceptors (Lipinski definition) is 2. The number of carbonyl (C=O) groups excluding carboxylic acids is 1. The molecule has 1 unspecified atom stereocenters. The molecular formula is C23H31F3N2O. The molecule has 0 heterocycles. The zero-order chi connectivity index (χ0) is 21.6. The van der Waals surface area contributed by atoms with Crippen molar-refractivity contribution in [3.8, 4) is 0 Å². The second-order valence-corrected chi connectivity index (χ2v) is 7.98. The largest absolute Gasteiger partial charge is 0.349 e. The van der Waals surface area contributed by atoms with Crippen molar-refractivity contribution < 1.29 is 18.0 Å². The lowest BCUT2D eigenvalue weighted by molar-refractivity contribution is -0.118. The summed E-state index contributed by atoms with van der Waals surface area (Å²) in [5.41, 5.74) is 2.51. The van der Waals surface area contributed by atoms with Crippen molar-refractivity contribution in [1.29, 1.82) is 0 Å². The molecule has 160 valence electrons. The first-order valence-electron chi connectivity index (χ1n) is 10.1. The summed E-state index contributed by atoms with van der Waals surface area (Å²) in [6, 6.07) is 2.43. The van der Waals surface area contributed by atoms with Crippen LogP contribution >= 0.6 is 0 Å². The van der Waals surface area contributed by atoms with Crippen LogP contribution in [-0.4, -0.2) is 31.0 Å². The van der Waals surface area contributed by atoms with Gasteiger partial charge in [-0.15, -0.1) is 0 Å². The smallest absolute Gasteiger partial charge is 0.253 e. The van der Waals surface area contributed by atoms with Crippen LogP contribution in [0.25, 0.3) is 6.08 Å². The predicted octanol–water partition coefficient (Wildman–Crippen LogP) is 4.93. The highest BCUT2D eigenvalue weighted by molar-refractivity contribution is 6.00. The maximum Gasteiger partial charge on any atom is 0.253 e. The van der Waals surface area contributed by atoms with E-state index in [1.165, 1.54) is 19.1 Å². The molecule has 1 atom stereocenters. The van der Waals surface area contributed by atoms with Gasteiger partial charge in [0.05, 0.1) is 6.04 Å². The van der Waals surface area contributed by atoms with Gasteiger partial charge in [-0.3, -0.25) is 4.79 Å². The van der Waals surface area contributed by atoms with Crippen LogP contribution < -0.4 is 10.6 Å². The molecule has 3 nitrogen and oxygen atoms in total. The second-order valence-electron chi connectivity index (χ2n) is 7.98. The average molecular weight is 409 g/mol. The third-order valence-corrected chi connectivity index (χ3v) is 5.63. The molecule has 1 fully saturated rings. The van der Waals surface area contributed by atoms with Crippen molar-refractivity contribution in [2.75, 3.05) is 6.54 Å². The summed E-state index contributed by atoms with van der Waals surface area (Å²) >= 11 is 0. The minimum atomic E-state index is -2.36. The molecule has 1 aromatic rings. The number of benzene rings is 1. The molecule has 6 heteroatoms. The van der Waals surface area contributed by atoms with Crippen molar-refractivity contribution in [1.82, 2.24) is 10.6 Å². The highest BCUT2D eigenvalue weighted by Gasteiger charge is 2.24. The molecular weight excluding hydrogens is 377 g/mol. The van der Waals surface area contributed by atoms with E-state index in [0.717, 1.165) is 31.2 Å². The Morgan fingerprint density at radius 1 is 1.21 bits per heavy atom. The number of nitrogens with one attached hydrogen (secondary N) is 2. The van der Waals surface area contributed by atoms with Crippen molar-refractivity contribution in [3.05, 3.63) is 52.9 Å². The van der Waals surface area contributed by atoms with E-state index in [-0.39, 0.29) is 17.8 Å². The van der Waals surface area contributed by atoms with Gasteiger partial charge < -0.3 is 10.6 Å². The van der Waals surface area contributed by atoms with Gasteiger partial charge in [0.15, 0.2) is 0 Å². The average Bonchev–Trinajstić information content (AvgIpc) is 2.68. The van der Waals surface area contributed by atoms with Gasteiger partial charge in [0, 0.05) is 11.6 Å². The Hall–Kier alpha value is -2.08. The Morgan fingerprint density at radius 2 is 1.86 bits per heavy atom. The quantitative estimate of drug-likeness (QED) is 0.473. The van der Waals surface area contributed by atoms with Crippen LogP contribution in [0.1, 0.15) is 49.3 Å². The van der Waals surface area contributed by atoms with Crippen LogP contribution in [0, 0.1) is 25.6 Å². The molecule has 0 aromatic heterocycles. The van der Waals surface area contributed by atoms with Crippen LogP contribution in [0.4, 0.5) is 13.2 Å². The second kappa shape index (κ2) is 10.6. The van der Waals surface area contributed by atoms with Crippen molar-refractivity contribution in [2.45, 2.75) is 65.0 Å². The van der Waals surface area contributed by atoms with Gasteiger partial charge in [0.25, 0.3) is 12.3 Å². The summed E-state index contributed by atoms with van der Waals surface area (Å²) in [5.74, 6) is -0.191. The zero-order valence-corrected chi connectivity index (χ0v) is 17.4. The lowest BCUT2D eigenvalue weighted by Gasteiger charge is -2.30. The Bertz CT molecular complexity index is 753. The van der Waals surface area contributed by atoms with Crippen molar-refractivity contribution in [2.24, 2.45) is 5.92 Å². The summed E-state index contributed by atoms with van der Waals surface area (Å²) in [6.45, 7) is 9.36. The van der Waals surface area contributed by atoms with Gasteiger partial charge in [-0.25, -0.2) is 13.2 Å². The molecule has 1 aromatic carbocycles. The van der Waals surface area contributed by atoms with E-state index in [1.54, 1.807) is 19.1 Å². The maximum atomic E-state index is 13.9.